The molecule has 5 heteroatoms. The van der Waals surface area contributed by atoms with Crippen molar-refractivity contribution in [3.63, 3.8) is 0 Å². The van der Waals surface area contributed by atoms with E-state index in [2.05, 4.69) is 10.2 Å². The van der Waals surface area contributed by atoms with E-state index in [0.717, 1.165) is 38.3 Å². The minimum Gasteiger partial charge on any atom is -0.372 e. The van der Waals surface area contributed by atoms with Gasteiger partial charge in [-0.1, -0.05) is 6.42 Å². The summed E-state index contributed by atoms with van der Waals surface area (Å²) in [6.45, 7) is 4.37. The van der Waals surface area contributed by atoms with Crippen molar-refractivity contribution < 1.29 is 14.3 Å². The van der Waals surface area contributed by atoms with Crippen LogP contribution in [0.4, 0.5) is 0 Å². The van der Waals surface area contributed by atoms with Crippen molar-refractivity contribution >= 4 is 5.91 Å². The van der Waals surface area contributed by atoms with Gasteiger partial charge in [0, 0.05) is 33.1 Å². The predicted octanol–water partition coefficient (Wildman–Crippen LogP) is 1.17. The smallest absolute Gasteiger partial charge is 0.245 e. The fourth-order valence-electron chi connectivity index (χ4n) is 3.71. The number of nitrogens with one attached hydrogen (secondary N) is 1. The van der Waals surface area contributed by atoms with E-state index in [1.165, 1.54) is 25.8 Å². The highest BCUT2D eigenvalue weighted by Gasteiger charge is 2.43. The number of amides is 1. The molecular weight excluding hydrogens is 268 g/mol. The second-order valence-corrected chi connectivity index (χ2v) is 6.90. The summed E-state index contributed by atoms with van der Waals surface area (Å²) < 4.78 is 11.7. The summed E-state index contributed by atoms with van der Waals surface area (Å²) in [5, 5.41) is 2.58. The zero-order chi connectivity index (χ0) is 14.7. The van der Waals surface area contributed by atoms with E-state index in [9.17, 15) is 4.79 Å². The molecule has 1 saturated carbocycles. The van der Waals surface area contributed by atoms with E-state index in [-0.39, 0.29) is 24.2 Å². The van der Waals surface area contributed by atoms with Crippen molar-refractivity contribution in [1.29, 1.82) is 0 Å². The Labute approximate surface area is 127 Å². The van der Waals surface area contributed by atoms with Gasteiger partial charge in [0.2, 0.25) is 5.91 Å². The van der Waals surface area contributed by atoms with E-state index in [4.69, 9.17) is 9.47 Å². The summed E-state index contributed by atoms with van der Waals surface area (Å²) in [7, 11) is 1.64. The normalized spacial score (nSPS) is 29.5. The Morgan fingerprint density at radius 1 is 1.38 bits per heavy atom. The molecule has 21 heavy (non-hydrogen) atoms. The highest BCUT2D eigenvalue weighted by atomic mass is 16.6. The fraction of sp³-hybridized carbons (Fsp3) is 0.938. The van der Waals surface area contributed by atoms with Crippen LogP contribution >= 0.6 is 0 Å². The standard InChI is InChI=1S/C16H28N2O3/c1-17-15(19)12-20-14-9-16(21-11-14)5-7-18(8-6-16)10-13-3-2-4-13/h13-14H,2-12H2,1H3,(H,17,19)/t14-/m1/s1. The number of carbonyl (C=O) groups excluding carboxylic acids is 1. The zero-order valence-electron chi connectivity index (χ0n) is 13.1. The second kappa shape index (κ2) is 6.63. The van der Waals surface area contributed by atoms with Gasteiger partial charge in [0.05, 0.1) is 18.3 Å². The Morgan fingerprint density at radius 3 is 2.76 bits per heavy atom. The maximum atomic E-state index is 11.2. The van der Waals surface area contributed by atoms with Crippen molar-refractivity contribution in [2.24, 2.45) is 5.92 Å². The maximum absolute atomic E-state index is 11.2. The number of rotatable bonds is 5. The average molecular weight is 296 g/mol. The molecule has 0 radical (unpaired) electrons. The Bertz CT molecular complexity index is 363. The van der Waals surface area contributed by atoms with E-state index < -0.39 is 0 Å². The van der Waals surface area contributed by atoms with Crippen molar-refractivity contribution in [2.75, 3.05) is 39.9 Å². The van der Waals surface area contributed by atoms with Crippen molar-refractivity contribution in [3.05, 3.63) is 0 Å². The summed E-state index contributed by atoms with van der Waals surface area (Å²) in [6, 6.07) is 0. The van der Waals surface area contributed by atoms with Crippen LogP contribution in [0.5, 0.6) is 0 Å². The Morgan fingerprint density at radius 2 is 2.14 bits per heavy atom. The summed E-state index contributed by atoms with van der Waals surface area (Å²) in [4.78, 5) is 13.8. The SMILES string of the molecule is CNC(=O)CO[C@H]1COC2(CCN(CC3CCC3)CC2)C1. The highest BCUT2D eigenvalue weighted by Crippen LogP contribution is 2.38. The minimum absolute atomic E-state index is 0.0173. The molecule has 3 rings (SSSR count). The van der Waals surface area contributed by atoms with Crippen LogP contribution in [0.1, 0.15) is 38.5 Å². The van der Waals surface area contributed by atoms with Crippen molar-refractivity contribution in [1.82, 2.24) is 10.2 Å². The minimum atomic E-state index is -0.0636. The molecule has 1 spiro atoms. The molecule has 2 saturated heterocycles. The lowest BCUT2D eigenvalue weighted by Gasteiger charge is -2.41. The first kappa shape index (κ1) is 15.3. The number of hydrogen-bond donors (Lipinski definition) is 1. The van der Waals surface area contributed by atoms with E-state index in [0.29, 0.717) is 6.61 Å². The first-order valence-corrected chi connectivity index (χ1v) is 8.38. The quantitative estimate of drug-likeness (QED) is 0.827. The van der Waals surface area contributed by atoms with Gasteiger partial charge in [-0.3, -0.25) is 4.79 Å². The van der Waals surface area contributed by atoms with Crippen LogP contribution in [0, 0.1) is 5.92 Å². The summed E-state index contributed by atoms with van der Waals surface area (Å²) in [5.74, 6) is 0.887. The van der Waals surface area contributed by atoms with Gasteiger partial charge >= 0.3 is 0 Å². The zero-order valence-corrected chi connectivity index (χ0v) is 13.1. The van der Waals surface area contributed by atoms with Gasteiger partial charge in [0.1, 0.15) is 6.61 Å². The average Bonchev–Trinajstić information content (AvgIpc) is 2.85. The molecule has 5 nitrogen and oxygen atoms in total. The number of hydrogen-bond acceptors (Lipinski definition) is 4. The van der Waals surface area contributed by atoms with Gasteiger partial charge in [-0.05, 0) is 31.6 Å². The highest BCUT2D eigenvalue weighted by molar-refractivity contribution is 5.76. The van der Waals surface area contributed by atoms with Crippen LogP contribution in [-0.4, -0.2) is 62.4 Å². The number of piperidine rings is 1. The summed E-state index contributed by atoms with van der Waals surface area (Å²) in [6.07, 6.45) is 7.53. The fourth-order valence-corrected chi connectivity index (χ4v) is 3.71. The van der Waals surface area contributed by atoms with Crippen LogP contribution in [0.3, 0.4) is 0 Å². The molecular formula is C16H28N2O3. The third-order valence-corrected chi connectivity index (χ3v) is 5.41. The van der Waals surface area contributed by atoms with Gasteiger partial charge < -0.3 is 19.7 Å². The number of nitrogens with zero attached hydrogens (tertiary/aromatic N) is 1. The molecule has 0 unspecified atom stereocenters. The molecule has 2 aliphatic heterocycles. The van der Waals surface area contributed by atoms with Crippen LogP contribution in [-0.2, 0) is 14.3 Å². The van der Waals surface area contributed by atoms with Gasteiger partial charge in [-0.15, -0.1) is 0 Å². The monoisotopic (exact) mass is 296 g/mol. The molecule has 1 aliphatic carbocycles. The third kappa shape index (κ3) is 3.76. The Hall–Kier alpha value is -0.650. The third-order valence-electron chi connectivity index (χ3n) is 5.41. The number of carbonyl (C=O) groups is 1. The van der Waals surface area contributed by atoms with E-state index >= 15 is 0 Å². The number of ether oxygens (including phenoxy) is 2. The Balaban J connectivity index is 1.40. The molecule has 3 aliphatic rings. The van der Waals surface area contributed by atoms with Gasteiger partial charge in [0.15, 0.2) is 0 Å². The second-order valence-electron chi connectivity index (χ2n) is 6.90. The number of likely N-dealkylation sites (N-methyl/N-ethyl adjacent to an activating group) is 1. The van der Waals surface area contributed by atoms with Crippen LogP contribution in [0.15, 0.2) is 0 Å². The molecule has 0 aromatic heterocycles. The first-order valence-electron chi connectivity index (χ1n) is 8.38. The topological polar surface area (TPSA) is 50.8 Å². The molecule has 3 fully saturated rings. The lowest BCUT2D eigenvalue weighted by molar-refractivity contribution is -0.127. The van der Waals surface area contributed by atoms with E-state index in [1.54, 1.807) is 7.05 Å². The Kier molecular flexibility index (Phi) is 4.82. The maximum Gasteiger partial charge on any atom is 0.245 e. The van der Waals surface area contributed by atoms with E-state index in [1.807, 2.05) is 0 Å². The first-order chi connectivity index (χ1) is 10.2. The lowest BCUT2D eigenvalue weighted by Crippen LogP contribution is -2.46. The molecule has 1 amide bonds. The predicted molar refractivity (Wildman–Crippen MR) is 80.1 cm³/mol. The van der Waals surface area contributed by atoms with Crippen LogP contribution in [0.2, 0.25) is 0 Å². The van der Waals surface area contributed by atoms with Crippen molar-refractivity contribution in [3.8, 4) is 0 Å². The molecule has 2 heterocycles. The summed E-state index contributed by atoms with van der Waals surface area (Å²) in [5.41, 5.74) is 0.0173. The molecule has 0 bridgehead atoms. The van der Waals surface area contributed by atoms with Gasteiger partial charge in [-0.25, -0.2) is 0 Å². The molecule has 0 aromatic rings. The van der Waals surface area contributed by atoms with Crippen LogP contribution < -0.4 is 5.32 Å². The molecule has 1 N–H and O–H groups in total. The number of likely N-dealkylation sites (tertiary alicyclic amines) is 1. The molecule has 1 atom stereocenters. The molecule has 120 valence electrons. The van der Waals surface area contributed by atoms with Gasteiger partial charge in [0.25, 0.3) is 0 Å². The lowest BCUT2D eigenvalue weighted by atomic mass is 9.83. The largest absolute Gasteiger partial charge is 0.372 e. The van der Waals surface area contributed by atoms with Gasteiger partial charge in [-0.2, -0.15) is 0 Å². The molecule has 0 aromatic carbocycles. The van der Waals surface area contributed by atoms with Crippen molar-refractivity contribution in [2.45, 2.75) is 50.2 Å². The summed E-state index contributed by atoms with van der Waals surface area (Å²) >= 11 is 0. The van der Waals surface area contributed by atoms with Crippen LogP contribution in [0.25, 0.3) is 0 Å².